The summed E-state index contributed by atoms with van der Waals surface area (Å²) >= 11 is 5.87. The van der Waals surface area contributed by atoms with Crippen molar-refractivity contribution in [1.29, 1.82) is 0 Å². The average molecular weight is 296 g/mol. The third-order valence-corrected chi connectivity index (χ3v) is 2.74. The molecule has 0 saturated heterocycles. The van der Waals surface area contributed by atoms with E-state index in [0.717, 1.165) is 6.20 Å². The molecule has 0 unspecified atom stereocenters. The van der Waals surface area contributed by atoms with Crippen LogP contribution < -0.4 is 11.5 Å². The van der Waals surface area contributed by atoms with Gasteiger partial charge in [0, 0.05) is 18.8 Å². The van der Waals surface area contributed by atoms with Gasteiger partial charge >= 0.3 is 5.97 Å². The van der Waals surface area contributed by atoms with Crippen molar-refractivity contribution in [3.63, 3.8) is 0 Å². The van der Waals surface area contributed by atoms with Crippen LogP contribution >= 0.6 is 11.6 Å². The van der Waals surface area contributed by atoms with E-state index in [1.165, 1.54) is 7.05 Å². The van der Waals surface area contributed by atoms with Gasteiger partial charge in [-0.3, -0.25) is 9.79 Å². The molecule has 0 spiro atoms. The zero-order chi connectivity index (χ0) is 15.1. The minimum atomic E-state index is -0.823. The molecule has 0 aliphatic carbocycles. The van der Waals surface area contributed by atoms with E-state index in [1.807, 2.05) is 0 Å². The Morgan fingerprint density at radius 3 is 2.60 bits per heavy atom. The molecule has 0 aromatic heterocycles. The van der Waals surface area contributed by atoms with Crippen LogP contribution in [0.25, 0.3) is 0 Å². The van der Waals surface area contributed by atoms with Gasteiger partial charge in [0.25, 0.3) is 0 Å². The van der Waals surface area contributed by atoms with Crippen molar-refractivity contribution in [2.75, 3.05) is 13.7 Å². The number of carbonyl (C=O) groups is 2. The molecular formula is C13H14ClN3O3. The average Bonchev–Trinajstić information content (AvgIpc) is 2.45. The first kappa shape index (κ1) is 15.7. The molecule has 0 saturated carbocycles. The number of aliphatic imine (C=N–C) groups is 1. The Morgan fingerprint density at radius 2 is 2.05 bits per heavy atom. The summed E-state index contributed by atoms with van der Waals surface area (Å²) in [7, 11) is 1.40. The van der Waals surface area contributed by atoms with Crippen molar-refractivity contribution in [1.82, 2.24) is 0 Å². The number of nitrogens with zero attached hydrogens (tertiary/aromatic N) is 1. The fraction of sp³-hybridized carbons (Fsp3) is 0.154. The lowest BCUT2D eigenvalue weighted by atomic mass is 10.1. The summed E-state index contributed by atoms with van der Waals surface area (Å²) < 4.78 is 4.83. The number of halogens is 1. The Kier molecular flexibility index (Phi) is 5.74. The van der Waals surface area contributed by atoms with Crippen molar-refractivity contribution in [2.24, 2.45) is 16.5 Å². The standard InChI is InChI=1S/C13H14ClN3O3/c1-17-12(16)9(6-15)13(19)20-7-11(18)8-4-2-3-5-10(8)14/h2-6H,7,15H2,1H3,(H2,16,17). The predicted molar refractivity (Wildman–Crippen MR) is 76.6 cm³/mol. The number of hydrogen-bond donors (Lipinski definition) is 2. The van der Waals surface area contributed by atoms with Gasteiger partial charge < -0.3 is 16.2 Å². The molecular weight excluding hydrogens is 282 g/mol. The molecule has 7 heteroatoms. The van der Waals surface area contributed by atoms with Gasteiger partial charge in [-0.1, -0.05) is 23.7 Å². The van der Waals surface area contributed by atoms with Crippen LogP contribution in [0.15, 0.2) is 41.0 Å². The lowest BCUT2D eigenvalue weighted by Gasteiger charge is -2.07. The van der Waals surface area contributed by atoms with Gasteiger partial charge in [-0.25, -0.2) is 4.79 Å². The largest absolute Gasteiger partial charge is 0.454 e. The van der Waals surface area contributed by atoms with Gasteiger partial charge in [-0.2, -0.15) is 0 Å². The lowest BCUT2D eigenvalue weighted by molar-refractivity contribution is -0.137. The number of Topliss-reactive ketones (excluding diaryl/α,β-unsaturated/α-hetero) is 1. The lowest BCUT2D eigenvalue weighted by Crippen LogP contribution is -2.25. The number of amidine groups is 1. The van der Waals surface area contributed by atoms with E-state index in [-0.39, 0.29) is 22.0 Å². The van der Waals surface area contributed by atoms with E-state index in [9.17, 15) is 9.59 Å². The highest BCUT2D eigenvalue weighted by molar-refractivity contribution is 6.34. The molecule has 0 fully saturated rings. The molecule has 0 radical (unpaired) electrons. The Balaban J connectivity index is 2.71. The van der Waals surface area contributed by atoms with Gasteiger partial charge in [0.15, 0.2) is 6.61 Å². The van der Waals surface area contributed by atoms with Crippen LogP contribution in [0.3, 0.4) is 0 Å². The summed E-state index contributed by atoms with van der Waals surface area (Å²) in [6, 6.07) is 6.47. The minimum absolute atomic E-state index is 0.0670. The van der Waals surface area contributed by atoms with Gasteiger partial charge in [0.05, 0.1) is 5.02 Å². The summed E-state index contributed by atoms with van der Waals surface area (Å²) in [5.41, 5.74) is 10.9. The van der Waals surface area contributed by atoms with E-state index in [0.29, 0.717) is 0 Å². The second kappa shape index (κ2) is 7.30. The van der Waals surface area contributed by atoms with Crippen LogP contribution in [0.5, 0.6) is 0 Å². The van der Waals surface area contributed by atoms with Gasteiger partial charge in [-0.15, -0.1) is 0 Å². The zero-order valence-corrected chi connectivity index (χ0v) is 11.6. The number of benzene rings is 1. The molecule has 6 nitrogen and oxygen atoms in total. The molecule has 0 amide bonds. The normalized spacial score (nSPS) is 12.1. The summed E-state index contributed by atoms with van der Waals surface area (Å²) in [6.45, 7) is -0.461. The number of hydrogen-bond acceptors (Lipinski definition) is 5. The molecule has 106 valence electrons. The molecule has 4 N–H and O–H groups in total. The van der Waals surface area contributed by atoms with Crippen molar-refractivity contribution >= 4 is 29.2 Å². The topological polar surface area (TPSA) is 108 Å². The summed E-state index contributed by atoms with van der Waals surface area (Å²) in [4.78, 5) is 27.1. The number of esters is 1. The highest BCUT2D eigenvalue weighted by Gasteiger charge is 2.17. The molecule has 1 aromatic carbocycles. The molecule has 1 rings (SSSR count). The third-order valence-electron chi connectivity index (χ3n) is 2.41. The first-order chi connectivity index (χ1) is 9.51. The highest BCUT2D eigenvalue weighted by atomic mass is 35.5. The molecule has 0 aliphatic rings. The second-order valence-electron chi connectivity index (χ2n) is 3.67. The fourth-order valence-electron chi connectivity index (χ4n) is 1.35. The maximum atomic E-state index is 11.8. The van der Waals surface area contributed by atoms with E-state index in [2.05, 4.69) is 4.99 Å². The van der Waals surface area contributed by atoms with Crippen molar-refractivity contribution < 1.29 is 14.3 Å². The van der Waals surface area contributed by atoms with E-state index in [4.69, 9.17) is 27.8 Å². The summed E-state index contributed by atoms with van der Waals surface area (Å²) in [5.74, 6) is -1.31. The maximum Gasteiger partial charge on any atom is 0.343 e. The van der Waals surface area contributed by atoms with Crippen LogP contribution in [-0.4, -0.2) is 31.2 Å². The quantitative estimate of drug-likeness (QED) is 0.276. The van der Waals surface area contributed by atoms with E-state index < -0.39 is 18.4 Å². The number of ether oxygens (including phenoxy) is 1. The molecule has 0 aliphatic heterocycles. The van der Waals surface area contributed by atoms with Crippen LogP contribution in [-0.2, 0) is 9.53 Å². The first-order valence-corrected chi connectivity index (χ1v) is 5.98. The number of nitrogens with two attached hydrogens (primary N) is 2. The Morgan fingerprint density at radius 1 is 1.40 bits per heavy atom. The monoisotopic (exact) mass is 295 g/mol. The van der Waals surface area contributed by atoms with Crippen molar-refractivity contribution in [2.45, 2.75) is 0 Å². The maximum absolute atomic E-state index is 11.8. The number of carbonyl (C=O) groups excluding carboxylic acids is 2. The minimum Gasteiger partial charge on any atom is -0.454 e. The van der Waals surface area contributed by atoms with Gasteiger partial charge in [0.1, 0.15) is 11.4 Å². The SMILES string of the molecule is CN=C(N)C(=CN)C(=O)OCC(=O)c1ccccc1Cl. The molecule has 0 heterocycles. The molecule has 1 aromatic rings. The number of rotatable bonds is 5. The van der Waals surface area contributed by atoms with Gasteiger partial charge in [-0.05, 0) is 12.1 Å². The molecule has 0 atom stereocenters. The molecule has 0 bridgehead atoms. The predicted octanol–water partition coefficient (Wildman–Crippen LogP) is 0.896. The summed E-state index contributed by atoms with van der Waals surface area (Å²) in [6.07, 6.45) is 0.977. The third kappa shape index (κ3) is 3.83. The van der Waals surface area contributed by atoms with Crippen LogP contribution in [0.4, 0.5) is 0 Å². The van der Waals surface area contributed by atoms with Crippen LogP contribution in [0.1, 0.15) is 10.4 Å². The number of ketones is 1. The highest BCUT2D eigenvalue weighted by Crippen LogP contribution is 2.15. The van der Waals surface area contributed by atoms with E-state index in [1.54, 1.807) is 24.3 Å². The Hall–Kier alpha value is -2.34. The fourth-order valence-corrected chi connectivity index (χ4v) is 1.59. The first-order valence-electron chi connectivity index (χ1n) is 5.60. The Bertz CT molecular complexity index is 582. The van der Waals surface area contributed by atoms with Gasteiger partial charge in [0.2, 0.25) is 5.78 Å². The molecule has 20 heavy (non-hydrogen) atoms. The van der Waals surface area contributed by atoms with Crippen LogP contribution in [0, 0.1) is 0 Å². The Labute approximate surface area is 121 Å². The van der Waals surface area contributed by atoms with E-state index >= 15 is 0 Å². The summed E-state index contributed by atoms with van der Waals surface area (Å²) in [5, 5.41) is 0.290. The zero-order valence-electron chi connectivity index (χ0n) is 10.8. The van der Waals surface area contributed by atoms with Crippen molar-refractivity contribution in [3.05, 3.63) is 46.6 Å². The smallest absolute Gasteiger partial charge is 0.343 e. The van der Waals surface area contributed by atoms with Crippen LogP contribution in [0.2, 0.25) is 5.02 Å². The van der Waals surface area contributed by atoms with Crippen molar-refractivity contribution in [3.8, 4) is 0 Å². The second-order valence-corrected chi connectivity index (χ2v) is 4.08.